The molecule has 0 N–H and O–H groups in total. The van der Waals surface area contributed by atoms with Crippen molar-refractivity contribution in [1.82, 2.24) is 0 Å². The van der Waals surface area contributed by atoms with E-state index < -0.39 is 0 Å². The van der Waals surface area contributed by atoms with E-state index >= 15 is 0 Å². The summed E-state index contributed by atoms with van der Waals surface area (Å²) in [5.74, 6) is 0. The van der Waals surface area contributed by atoms with E-state index in [1.54, 1.807) is 0 Å². The Labute approximate surface area is 306 Å². The number of hydrogen-bond acceptors (Lipinski definition) is 2. The van der Waals surface area contributed by atoms with Crippen LogP contribution >= 0.6 is 0 Å². The molecule has 0 bridgehead atoms. The van der Waals surface area contributed by atoms with Crippen molar-refractivity contribution in [3.8, 4) is 0 Å². The number of anilines is 6. The second kappa shape index (κ2) is 15.3. The van der Waals surface area contributed by atoms with E-state index in [1.165, 1.54) is 21.9 Å². The van der Waals surface area contributed by atoms with Gasteiger partial charge in [-0.2, -0.15) is 0 Å². The maximum Gasteiger partial charge on any atom is 0.0462 e. The van der Waals surface area contributed by atoms with Gasteiger partial charge in [-0.15, -0.1) is 0 Å². The number of para-hydroxylation sites is 4. The Morgan fingerprint density at radius 2 is 0.481 bits per heavy atom. The molecule has 0 saturated carbocycles. The van der Waals surface area contributed by atoms with Crippen LogP contribution in [0.5, 0.6) is 0 Å². The highest BCUT2D eigenvalue weighted by Crippen LogP contribution is 2.35. The molecule has 248 valence electrons. The zero-order valence-corrected chi connectivity index (χ0v) is 28.8. The van der Waals surface area contributed by atoms with Crippen LogP contribution in [0, 0.1) is 0 Å². The van der Waals surface area contributed by atoms with Crippen LogP contribution in [-0.4, -0.2) is 0 Å². The van der Waals surface area contributed by atoms with Gasteiger partial charge in [0.05, 0.1) is 0 Å². The van der Waals surface area contributed by atoms with E-state index in [0.717, 1.165) is 45.3 Å². The molecule has 0 aromatic heterocycles. The molecule has 0 unspecified atom stereocenters. The lowest BCUT2D eigenvalue weighted by atomic mass is 10.0. The Hall–Kier alpha value is -6.90. The van der Waals surface area contributed by atoms with Gasteiger partial charge in [-0.3, -0.25) is 0 Å². The van der Waals surface area contributed by atoms with Crippen molar-refractivity contribution >= 4 is 69.2 Å². The second-order valence-corrected chi connectivity index (χ2v) is 12.7. The molecule has 0 radical (unpaired) electrons. The van der Waals surface area contributed by atoms with Crippen molar-refractivity contribution < 1.29 is 0 Å². The lowest BCUT2D eigenvalue weighted by Gasteiger charge is -2.25. The Kier molecular flexibility index (Phi) is 9.53. The van der Waals surface area contributed by atoms with Gasteiger partial charge in [0.2, 0.25) is 0 Å². The number of nitrogens with zero attached hydrogens (tertiary/aromatic N) is 2. The van der Waals surface area contributed by atoms with E-state index in [4.69, 9.17) is 0 Å². The number of benzene rings is 8. The highest BCUT2D eigenvalue weighted by atomic mass is 15.1. The normalized spacial score (nSPS) is 11.3. The first-order valence-electron chi connectivity index (χ1n) is 17.7. The quantitative estimate of drug-likeness (QED) is 0.134. The summed E-state index contributed by atoms with van der Waals surface area (Å²) in [6.07, 6.45) is 8.74. The molecule has 0 aliphatic heterocycles. The zero-order chi connectivity index (χ0) is 35.0. The van der Waals surface area contributed by atoms with Crippen LogP contribution in [0.1, 0.15) is 22.3 Å². The van der Waals surface area contributed by atoms with Crippen molar-refractivity contribution in [2.24, 2.45) is 0 Å². The maximum atomic E-state index is 2.28. The predicted molar refractivity (Wildman–Crippen MR) is 224 cm³/mol. The average Bonchev–Trinajstić information content (AvgIpc) is 3.22. The number of hydrogen-bond donors (Lipinski definition) is 0. The van der Waals surface area contributed by atoms with Crippen molar-refractivity contribution in [2.75, 3.05) is 9.80 Å². The fraction of sp³-hybridized carbons (Fsp3) is 0. The third-order valence-electron chi connectivity index (χ3n) is 9.18. The Morgan fingerprint density at radius 3 is 0.788 bits per heavy atom. The van der Waals surface area contributed by atoms with E-state index in [9.17, 15) is 0 Å². The molecular formula is C50H38N2. The molecule has 8 aromatic carbocycles. The van der Waals surface area contributed by atoms with Gasteiger partial charge in [-0.1, -0.05) is 146 Å². The summed E-state index contributed by atoms with van der Waals surface area (Å²) in [6, 6.07) is 72.8. The van der Waals surface area contributed by atoms with E-state index in [-0.39, 0.29) is 0 Å². The third kappa shape index (κ3) is 7.47. The van der Waals surface area contributed by atoms with Crippen LogP contribution in [0.4, 0.5) is 34.1 Å². The smallest absolute Gasteiger partial charge is 0.0462 e. The fourth-order valence-electron chi connectivity index (χ4n) is 6.55. The Bertz CT molecular complexity index is 2160. The minimum atomic E-state index is 1.12. The molecule has 0 fully saturated rings. The van der Waals surface area contributed by atoms with Gasteiger partial charge in [0.15, 0.2) is 0 Å². The molecule has 0 saturated heterocycles. The first-order valence-corrected chi connectivity index (χ1v) is 17.7. The third-order valence-corrected chi connectivity index (χ3v) is 9.18. The minimum absolute atomic E-state index is 1.12. The maximum absolute atomic E-state index is 2.28. The van der Waals surface area contributed by atoms with Gasteiger partial charge < -0.3 is 9.80 Å². The monoisotopic (exact) mass is 666 g/mol. The SMILES string of the molecule is C(=Cc1ccc2cc(C=Cc3ccc(N(c4ccccc4)c4ccccc4)cc3)ccc2c1)c1ccc(N(c2ccccc2)c2ccccc2)cc1. The minimum Gasteiger partial charge on any atom is -0.311 e. The highest BCUT2D eigenvalue weighted by Gasteiger charge is 2.12. The highest BCUT2D eigenvalue weighted by molar-refractivity contribution is 5.89. The molecule has 0 aliphatic rings. The first-order chi connectivity index (χ1) is 25.8. The number of fused-ring (bicyclic) bond motifs is 1. The van der Waals surface area contributed by atoms with Crippen LogP contribution in [-0.2, 0) is 0 Å². The van der Waals surface area contributed by atoms with E-state index in [0.29, 0.717) is 0 Å². The topological polar surface area (TPSA) is 6.48 Å². The second-order valence-electron chi connectivity index (χ2n) is 12.7. The number of rotatable bonds is 10. The van der Waals surface area contributed by atoms with Crippen LogP contribution in [0.2, 0.25) is 0 Å². The lowest BCUT2D eigenvalue weighted by molar-refractivity contribution is 1.28. The van der Waals surface area contributed by atoms with Crippen LogP contribution in [0.15, 0.2) is 206 Å². The molecule has 0 heterocycles. The van der Waals surface area contributed by atoms with Crippen LogP contribution in [0.25, 0.3) is 35.1 Å². The Balaban J connectivity index is 0.953. The molecule has 0 aliphatic carbocycles. The molecule has 2 heteroatoms. The summed E-state index contributed by atoms with van der Waals surface area (Å²) in [7, 11) is 0. The van der Waals surface area contributed by atoms with Gasteiger partial charge >= 0.3 is 0 Å². The van der Waals surface area contributed by atoms with Gasteiger partial charge in [0.1, 0.15) is 0 Å². The van der Waals surface area contributed by atoms with Crippen molar-refractivity contribution in [3.05, 3.63) is 229 Å². The van der Waals surface area contributed by atoms with Gasteiger partial charge in [0, 0.05) is 34.1 Å². The largest absolute Gasteiger partial charge is 0.311 e. The molecule has 52 heavy (non-hydrogen) atoms. The summed E-state index contributed by atoms with van der Waals surface area (Å²) in [4.78, 5) is 4.56. The average molecular weight is 667 g/mol. The Morgan fingerprint density at radius 1 is 0.231 bits per heavy atom. The van der Waals surface area contributed by atoms with Crippen molar-refractivity contribution in [1.29, 1.82) is 0 Å². The van der Waals surface area contributed by atoms with Crippen LogP contribution in [0.3, 0.4) is 0 Å². The lowest BCUT2D eigenvalue weighted by Crippen LogP contribution is -2.09. The molecule has 0 spiro atoms. The summed E-state index contributed by atoms with van der Waals surface area (Å²) in [6.45, 7) is 0. The van der Waals surface area contributed by atoms with E-state index in [2.05, 4.69) is 240 Å². The molecular weight excluding hydrogens is 629 g/mol. The molecule has 0 atom stereocenters. The molecule has 8 aromatic rings. The summed E-state index contributed by atoms with van der Waals surface area (Å²) >= 11 is 0. The van der Waals surface area contributed by atoms with Crippen LogP contribution < -0.4 is 9.80 Å². The van der Waals surface area contributed by atoms with Crippen molar-refractivity contribution in [2.45, 2.75) is 0 Å². The van der Waals surface area contributed by atoms with Crippen molar-refractivity contribution in [3.63, 3.8) is 0 Å². The zero-order valence-electron chi connectivity index (χ0n) is 28.8. The van der Waals surface area contributed by atoms with E-state index in [1.807, 2.05) is 0 Å². The molecule has 2 nitrogen and oxygen atoms in total. The standard InChI is InChI=1S/C50H38N2/c1-5-13-45(14-6-1)51(46-15-7-2-8-16-46)49-33-27-39(28-34-49)21-23-41-25-31-44-38-42(26-32-43(44)37-41)24-22-40-29-35-50(36-30-40)52(47-17-9-3-10-18-47)48-19-11-4-12-20-48/h1-38H. The summed E-state index contributed by atoms with van der Waals surface area (Å²) in [5.41, 5.74) is 11.5. The van der Waals surface area contributed by atoms with Gasteiger partial charge in [0.25, 0.3) is 0 Å². The molecule has 8 rings (SSSR count). The molecule has 0 amide bonds. The predicted octanol–water partition coefficient (Wildman–Crippen LogP) is 14.1. The van der Waals surface area contributed by atoms with Gasteiger partial charge in [-0.05, 0) is 118 Å². The first kappa shape index (κ1) is 32.3. The summed E-state index contributed by atoms with van der Waals surface area (Å²) in [5, 5.41) is 2.45. The van der Waals surface area contributed by atoms with Gasteiger partial charge in [-0.25, -0.2) is 0 Å². The fourth-order valence-corrected chi connectivity index (χ4v) is 6.55. The summed E-state index contributed by atoms with van der Waals surface area (Å²) < 4.78 is 0.